The highest BCUT2D eigenvalue weighted by atomic mass is 19.2. The summed E-state index contributed by atoms with van der Waals surface area (Å²) in [5, 5.41) is 0. The van der Waals surface area contributed by atoms with Gasteiger partial charge in [-0.3, -0.25) is 0 Å². The Morgan fingerprint density at radius 1 is 0.783 bits per heavy atom. The average molecular weight is 326 g/mol. The molecule has 0 nitrogen and oxygen atoms in total. The first-order valence-corrected chi connectivity index (χ1v) is 10.3. The average Bonchev–Trinajstić information content (AvgIpc) is 2.59. The second-order valence-electron chi connectivity index (χ2n) is 8.61. The van der Waals surface area contributed by atoms with E-state index in [1.54, 1.807) is 0 Å². The van der Waals surface area contributed by atoms with Crippen molar-refractivity contribution >= 4 is 0 Å². The normalized spacial score (nSPS) is 41.1. The quantitative estimate of drug-likeness (QED) is 0.531. The lowest BCUT2D eigenvalue weighted by molar-refractivity contribution is 0.0547. The van der Waals surface area contributed by atoms with Crippen LogP contribution in [0.25, 0.3) is 0 Å². The van der Waals surface area contributed by atoms with E-state index in [0.717, 1.165) is 18.3 Å². The molecule has 3 rings (SSSR count). The van der Waals surface area contributed by atoms with Gasteiger partial charge in [-0.1, -0.05) is 19.8 Å². The molecule has 0 bridgehead atoms. The van der Waals surface area contributed by atoms with Gasteiger partial charge in [0.1, 0.15) is 12.3 Å². The van der Waals surface area contributed by atoms with Crippen molar-refractivity contribution in [2.45, 2.75) is 103 Å². The van der Waals surface area contributed by atoms with E-state index in [1.807, 2.05) is 5.92 Å². The van der Waals surface area contributed by atoms with E-state index < -0.39 is 12.3 Å². The van der Waals surface area contributed by atoms with Crippen molar-refractivity contribution in [3.63, 3.8) is 0 Å². The van der Waals surface area contributed by atoms with E-state index >= 15 is 0 Å². The second-order valence-corrected chi connectivity index (χ2v) is 8.61. The smallest absolute Gasteiger partial charge is 0.131 e. The lowest BCUT2D eigenvalue weighted by Gasteiger charge is -2.41. The summed E-state index contributed by atoms with van der Waals surface area (Å²) in [7, 11) is 0. The molecule has 0 N–H and O–H groups in total. The van der Waals surface area contributed by atoms with E-state index in [9.17, 15) is 8.78 Å². The number of hydrogen-bond donors (Lipinski definition) is 0. The Balaban J connectivity index is 1.41. The van der Waals surface area contributed by atoms with E-state index in [2.05, 4.69) is 6.92 Å². The van der Waals surface area contributed by atoms with Crippen molar-refractivity contribution in [2.24, 2.45) is 23.7 Å². The molecule has 0 aromatic carbocycles. The van der Waals surface area contributed by atoms with Crippen LogP contribution in [0.5, 0.6) is 0 Å². The summed E-state index contributed by atoms with van der Waals surface area (Å²) in [5.41, 5.74) is 0. The molecule has 0 aliphatic heterocycles. The third-order valence-corrected chi connectivity index (χ3v) is 7.19. The molecule has 1 radical (unpaired) electrons. The molecule has 0 saturated heterocycles. The molecule has 3 unspecified atom stereocenters. The molecule has 0 heterocycles. The number of hydrogen-bond acceptors (Lipinski definition) is 0. The molecule has 3 atom stereocenters. The van der Waals surface area contributed by atoms with Gasteiger partial charge < -0.3 is 0 Å². The molecule has 133 valence electrons. The number of halogens is 2. The minimum absolute atomic E-state index is 0.460. The Morgan fingerprint density at radius 2 is 1.43 bits per heavy atom. The third kappa shape index (κ3) is 4.48. The first kappa shape index (κ1) is 17.7. The van der Waals surface area contributed by atoms with E-state index in [0.29, 0.717) is 24.7 Å². The Hall–Kier alpha value is -0.140. The fourth-order valence-electron chi connectivity index (χ4n) is 5.69. The van der Waals surface area contributed by atoms with Gasteiger partial charge in [-0.25, -0.2) is 8.78 Å². The maximum absolute atomic E-state index is 13.7. The van der Waals surface area contributed by atoms with Gasteiger partial charge in [0.05, 0.1) is 0 Å². The Morgan fingerprint density at radius 3 is 2.04 bits per heavy atom. The zero-order valence-corrected chi connectivity index (χ0v) is 14.9. The Bertz CT molecular complexity index is 340. The molecule has 0 aromatic rings. The van der Waals surface area contributed by atoms with Crippen molar-refractivity contribution < 1.29 is 8.78 Å². The van der Waals surface area contributed by atoms with Crippen molar-refractivity contribution in [2.75, 3.05) is 0 Å². The van der Waals surface area contributed by atoms with Crippen molar-refractivity contribution in [1.82, 2.24) is 0 Å². The van der Waals surface area contributed by atoms with Crippen LogP contribution >= 0.6 is 0 Å². The van der Waals surface area contributed by atoms with Crippen LogP contribution in [0.15, 0.2) is 0 Å². The molecule has 2 heteroatoms. The van der Waals surface area contributed by atoms with Gasteiger partial charge in [-0.2, -0.15) is 0 Å². The van der Waals surface area contributed by atoms with Crippen LogP contribution in [0, 0.1) is 29.6 Å². The lowest BCUT2D eigenvalue weighted by atomic mass is 9.65. The van der Waals surface area contributed by atoms with E-state index in [-0.39, 0.29) is 0 Å². The van der Waals surface area contributed by atoms with Gasteiger partial charge in [0.2, 0.25) is 0 Å². The first-order valence-electron chi connectivity index (χ1n) is 10.3. The second kappa shape index (κ2) is 8.30. The van der Waals surface area contributed by atoms with Gasteiger partial charge in [-0.15, -0.1) is 0 Å². The highest BCUT2D eigenvalue weighted by Crippen LogP contribution is 2.47. The van der Waals surface area contributed by atoms with Gasteiger partial charge in [-0.05, 0) is 100 Å². The van der Waals surface area contributed by atoms with E-state index in [4.69, 9.17) is 0 Å². The fourth-order valence-corrected chi connectivity index (χ4v) is 5.69. The summed E-state index contributed by atoms with van der Waals surface area (Å²) in [6.45, 7) is 2.30. The van der Waals surface area contributed by atoms with Gasteiger partial charge >= 0.3 is 0 Å². The molecule has 3 fully saturated rings. The Labute approximate surface area is 141 Å². The number of alkyl halides is 2. The SMILES string of the molecule is CCCC1CC[C](C2CCC(C3CCC(F)C(F)C3)CC2)CC1. The molecule has 3 aliphatic rings. The molecular formula is C21H35F2. The van der Waals surface area contributed by atoms with Crippen molar-refractivity contribution in [3.8, 4) is 0 Å². The molecule has 0 spiro atoms. The van der Waals surface area contributed by atoms with Crippen LogP contribution in [-0.4, -0.2) is 12.3 Å². The van der Waals surface area contributed by atoms with Crippen LogP contribution < -0.4 is 0 Å². The first-order chi connectivity index (χ1) is 11.2. The summed E-state index contributed by atoms with van der Waals surface area (Å²) in [6, 6.07) is 0. The highest BCUT2D eigenvalue weighted by Gasteiger charge is 2.37. The minimum Gasteiger partial charge on any atom is -0.244 e. The zero-order chi connectivity index (χ0) is 16.2. The standard InChI is InChI=1S/C21H35F2/c1-2-3-15-4-6-16(7-5-15)17-8-10-18(11-9-17)19-12-13-20(22)21(23)14-19/h15,17-21H,2-14H2,1H3. The topological polar surface area (TPSA) is 0 Å². The molecule has 3 saturated carbocycles. The predicted molar refractivity (Wildman–Crippen MR) is 92.7 cm³/mol. The molecular weight excluding hydrogens is 290 g/mol. The monoisotopic (exact) mass is 325 g/mol. The van der Waals surface area contributed by atoms with Crippen molar-refractivity contribution in [3.05, 3.63) is 5.92 Å². The largest absolute Gasteiger partial charge is 0.244 e. The van der Waals surface area contributed by atoms with Crippen LogP contribution in [-0.2, 0) is 0 Å². The zero-order valence-electron chi connectivity index (χ0n) is 14.9. The molecule has 3 aliphatic carbocycles. The highest BCUT2D eigenvalue weighted by molar-refractivity contribution is 5.02. The lowest BCUT2D eigenvalue weighted by Crippen LogP contribution is -2.33. The van der Waals surface area contributed by atoms with Crippen LogP contribution in [0.3, 0.4) is 0 Å². The third-order valence-electron chi connectivity index (χ3n) is 7.19. The maximum atomic E-state index is 13.7. The predicted octanol–water partition coefficient (Wildman–Crippen LogP) is 6.83. The molecule has 0 aromatic heterocycles. The summed E-state index contributed by atoms with van der Waals surface area (Å²) in [6.07, 6.45) is 13.0. The number of rotatable bonds is 4. The Kier molecular flexibility index (Phi) is 6.38. The summed E-state index contributed by atoms with van der Waals surface area (Å²) in [5.74, 6) is 4.83. The fraction of sp³-hybridized carbons (Fsp3) is 0.952. The summed E-state index contributed by atoms with van der Waals surface area (Å²) < 4.78 is 27.0. The van der Waals surface area contributed by atoms with Crippen LogP contribution in [0.2, 0.25) is 0 Å². The van der Waals surface area contributed by atoms with Crippen molar-refractivity contribution in [1.29, 1.82) is 0 Å². The molecule has 23 heavy (non-hydrogen) atoms. The summed E-state index contributed by atoms with van der Waals surface area (Å²) >= 11 is 0. The van der Waals surface area contributed by atoms with Gasteiger partial charge in [0.15, 0.2) is 0 Å². The van der Waals surface area contributed by atoms with Gasteiger partial charge in [0, 0.05) is 0 Å². The summed E-state index contributed by atoms with van der Waals surface area (Å²) in [4.78, 5) is 0. The maximum Gasteiger partial charge on any atom is 0.131 e. The van der Waals surface area contributed by atoms with Gasteiger partial charge in [0.25, 0.3) is 0 Å². The van der Waals surface area contributed by atoms with E-state index in [1.165, 1.54) is 64.2 Å². The minimum atomic E-state index is -1.19. The van der Waals surface area contributed by atoms with Crippen LogP contribution in [0.4, 0.5) is 8.78 Å². The molecule has 0 amide bonds. The van der Waals surface area contributed by atoms with Crippen LogP contribution in [0.1, 0.15) is 90.4 Å².